The minimum absolute atomic E-state index is 0.00206. The largest absolute Gasteiger partial charge is 0.481 e. The highest BCUT2D eigenvalue weighted by molar-refractivity contribution is 5.79. The number of carboxylic acids is 1. The molecule has 78 valence electrons. The Bertz CT molecular complexity index is 289. The number of likely N-dealkylation sites (tertiary alicyclic amines) is 1. The topological polar surface area (TPSA) is 57.6 Å². The standard InChI is InChI=1S/C10H15NO3/c1-7(12)11-5-8-2-3-10(4-8,6-11)9(13)14/h8H,2-6H2,1H3,(H,13,14). The first-order chi connectivity index (χ1) is 6.53. The Morgan fingerprint density at radius 2 is 2.21 bits per heavy atom. The summed E-state index contributed by atoms with van der Waals surface area (Å²) in [5, 5.41) is 9.18. The van der Waals surface area contributed by atoms with Gasteiger partial charge in [-0.25, -0.2) is 0 Å². The van der Waals surface area contributed by atoms with Crippen molar-refractivity contribution in [2.24, 2.45) is 11.3 Å². The molecule has 2 unspecified atom stereocenters. The molecular weight excluding hydrogens is 182 g/mol. The number of hydrogen-bond acceptors (Lipinski definition) is 2. The van der Waals surface area contributed by atoms with Crippen molar-refractivity contribution >= 4 is 11.9 Å². The molecule has 2 rings (SSSR count). The molecule has 1 aliphatic heterocycles. The Hall–Kier alpha value is -1.06. The Morgan fingerprint density at radius 3 is 2.79 bits per heavy atom. The van der Waals surface area contributed by atoms with Crippen LogP contribution in [0.2, 0.25) is 0 Å². The molecule has 2 bridgehead atoms. The van der Waals surface area contributed by atoms with Crippen LogP contribution >= 0.6 is 0 Å². The molecule has 0 aromatic heterocycles. The van der Waals surface area contributed by atoms with Crippen LogP contribution in [0.3, 0.4) is 0 Å². The molecule has 1 aliphatic carbocycles. The summed E-state index contributed by atoms with van der Waals surface area (Å²) in [6.45, 7) is 2.68. The van der Waals surface area contributed by atoms with Gasteiger partial charge in [0.25, 0.3) is 0 Å². The predicted octanol–water partition coefficient (Wildman–Crippen LogP) is 0.720. The van der Waals surface area contributed by atoms with E-state index in [2.05, 4.69) is 0 Å². The van der Waals surface area contributed by atoms with Gasteiger partial charge in [-0.1, -0.05) is 0 Å². The van der Waals surface area contributed by atoms with Gasteiger partial charge in [0.1, 0.15) is 0 Å². The second-order valence-corrected chi connectivity index (χ2v) is 4.59. The lowest BCUT2D eigenvalue weighted by atomic mass is 9.82. The van der Waals surface area contributed by atoms with Crippen LogP contribution < -0.4 is 0 Å². The van der Waals surface area contributed by atoms with Gasteiger partial charge in [0.2, 0.25) is 5.91 Å². The summed E-state index contributed by atoms with van der Waals surface area (Å²) in [7, 11) is 0. The molecule has 2 fully saturated rings. The van der Waals surface area contributed by atoms with Crippen molar-refractivity contribution in [3.63, 3.8) is 0 Å². The quantitative estimate of drug-likeness (QED) is 0.673. The molecule has 4 heteroatoms. The van der Waals surface area contributed by atoms with E-state index in [0.29, 0.717) is 12.5 Å². The predicted molar refractivity (Wildman–Crippen MR) is 49.7 cm³/mol. The van der Waals surface area contributed by atoms with Gasteiger partial charge in [0, 0.05) is 20.0 Å². The van der Waals surface area contributed by atoms with E-state index in [1.54, 1.807) is 4.90 Å². The Labute approximate surface area is 82.9 Å². The molecule has 4 nitrogen and oxygen atoms in total. The highest BCUT2D eigenvalue weighted by Crippen LogP contribution is 2.46. The number of rotatable bonds is 1. The molecule has 1 N–H and O–H groups in total. The maximum Gasteiger partial charge on any atom is 0.311 e. The number of hydrogen-bond donors (Lipinski definition) is 1. The zero-order valence-electron chi connectivity index (χ0n) is 8.32. The number of carbonyl (C=O) groups is 2. The van der Waals surface area contributed by atoms with E-state index >= 15 is 0 Å². The summed E-state index contributed by atoms with van der Waals surface area (Å²) in [4.78, 5) is 24.1. The second kappa shape index (κ2) is 2.97. The zero-order chi connectivity index (χ0) is 10.3. The first kappa shape index (κ1) is 9.49. The first-order valence-electron chi connectivity index (χ1n) is 5.02. The van der Waals surface area contributed by atoms with E-state index in [4.69, 9.17) is 0 Å². The molecule has 2 aliphatic rings. The average molecular weight is 197 g/mol. The third-order valence-electron chi connectivity index (χ3n) is 3.58. The lowest BCUT2D eigenvalue weighted by molar-refractivity contribution is -0.153. The molecule has 0 aromatic rings. The highest BCUT2D eigenvalue weighted by Gasteiger charge is 2.50. The fourth-order valence-corrected chi connectivity index (χ4v) is 2.78. The number of piperidine rings is 1. The summed E-state index contributed by atoms with van der Waals surface area (Å²) in [6, 6.07) is 0. The number of fused-ring (bicyclic) bond motifs is 2. The van der Waals surface area contributed by atoms with E-state index in [9.17, 15) is 14.7 Å². The summed E-state index contributed by atoms with van der Waals surface area (Å²) in [5.74, 6) is -0.322. The van der Waals surface area contributed by atoms with E-state index < -0.39 is 11.4 Å². The number of nitrogens with zero attached hydrogens (tertiary/aromatic N) is 1. The van der Waals surface area contributed by atoms with Crippen LogP contribution in [0.5, 0.6) is 0 Å². The van der Waals surface area contributed by atoms with Crippen LogP contribution in [0.1, 0.15) is 26.2 Å². The third kappa shape index (κ3) is 1.29. The Balaban J connectivity index is 2.21. The van der Waals surface area contributed by atoms with Gasteiger partial charge in [0.05, 0.1) is 5.41 Å². The highest BCUT2D eigenvalue weighted by atomic mass is 16.4. The van der Waals surface area contributed by atoms with Gasteiger partial charge in [-0.3, -0.25) is 9.59 Å². The molecule has 1 amide bonds. The van der Waals surface area contributed by atoms with Crippen molar-refractivity contribution in [1.29, 1.82) is 0 Å². The molecule has 1 heterocycles. The fraction of sp³-hybridized carbons (Fsp3) is 0.800. The third-order valence-corrected chi connectivity index (χ3v) is 3.58. The molecule has 14 heavy (non-hydrogen) atoms. The van der Waals surface area contributed by atoms with Crippen LogP contribution in [-0.4, -0.2) is 35.0 Å². The maximum absolute atomic E-state index is 11.2. The van der Waals surface area contributed by atoms with Crippen LogP contribution in [0.15, 0.2) is 0 Å². The van der Waals surface area contributed by atoms with Gasteiger partial charge in [0.15, 0.2) is 0 Å². The van der Waals surface area contributed by atoms with Crippen molar-refractivity contribution < 1.29 is 14.7 Å². The van der Waals surface area contributed by atoms with Gasteiger partial charge in [-0.05, 0) is 25.2 Å². The lowest BCUT2D eigenvalue weighted by Gasteiger charge is -2.37. The zero-order valence-corrected chi connectivity index (χ0v) is 8.32. The molecule has 0 spiro atoms. The number of carbonyl (C=O) groups excluding carboxylic acids is 1. The number of aliphatic carboxylic acids is 1. The van der Waals surface area contributed by atoms with Crippen LogP contribution in [0.4, 0.5) is 0 Å². The van der Waals surface area contributed by atoms with Crippen molar-refractivity contribution in [2.45, 2.75) is 26.2 Å². The Morgan fingerprint density at radius 1 is 1.50 bits per heavy atom. The van der Waals surface area contributed by atoms with Gasteiger partial charge in [-0.15, -0.1) is 0 Å². The smallest absolute Gasteiger partial charge is 0.311 e. The second-order valence-electron chi connectivity index (χ2n) is 4.59. The molecule has 0 radical (unpaired) electrons. The van der Waals surface area contributed by atoms with Crippen molar-refractivity contribution in [1.82, 2.24) is 4.90 Å². The van der Waals surface area contributed by atoms with Crippen molar-refractivity contribution in [3.05, 3.63) is 0 Å². The lowest BCUT2D eigenvalue weighted by Crippen LogP contribution is -2.48. The maximum atomic E-state index is 11.2. The van der Waals surface area contributed by atoms with Crippen molar-refractivity contribution in [2.75, 3.05) is 13.1 Å². The molecule has 0 aromatic carbocycles. The number of amides is 1. The monoisotopic (exact) mass is 197 g/mol. The summed E-state index contributed by atoms with van der Waals surface area (Å²) in [6.07, 6.45) is 2.44. The molecular formula is C10H15NO3. The van der Waals surface area contributed by atoms with E-state index in [-0.39, 0.29) is 5.91 Å². The first-order valence-corrected chi connectivity index (χ1v) is 5.02. The normalized spacial score (nSPS) is 35.8. The van der Waals surface area contributed by atoms with Crippen LogP contribution in [0, 0.1) is 11.3 Å². The van der Waals surface area contributed by atoms with Gasteiger partial charge >= 0.3 is 5.97 Å². The van der Waals surface area contributed by atoms with Gasteiger partial charge < -0.3 is 10.0 Å². The van der Waals surface area contributed by atoms with E-state index in [0.717, 1.165) is 25.8 Å². The van der Waals surface area contributed by atoms with Gasteiger partial charge in [-0.2, -0.15) is 0 Å². The Kier molecular flexibility index (Phi) is 2.01. The molecule has 2 atom stereocenters. The summed E-state index contributed by atoms with van der Waals surface area (Å²) in [5.41, 5.74) is -0.630. The summed E-state index contributed by atoms with van der Waals surface area (Å²) >= 11 is 0. The van der Waals surface area contributed by atoms with Crippen LogP contribution in [-0.2, 0) is 9.59 Å². The average Bonchev–Trinajstić information content (AvgIpc) is 2.43. The van der Waals surface area contributed by atoms with Crippen LogP contribution in [0.25, 0.3) is 0 Å². The fourth-order valence-electron chi connectivity index (χ4n) is 2.78. The SMILES string of the molecule is CC(=O)N1CC2CCC(C(=O)O)(C2)C1. The molecule has 1 saturated carbocycles. The number of carboxylic acid groups (broad SMARTS) is 1. The van der Waals surface area contributed by atoms with Crippen molar-refractivity contribution in [3.8, 4) is 0 Å². The molecule has 1 saturated heterocycles. The minimum Gasteiger partial charge on any atom is -0.481 e. The summed E-state index contributed by atoms with van der Waals surface area (Å²) < 4.78 is 0. The minimum atomic E-state index is -0.731. The van der Waals surface area contributed by atoms with E-state index in [1.165, 1.54) is 6.92 Å². The van der Waals surface area contributed by atoms with E-state index in [1.807, 2.05) is 0 Å².